The quantitative estimate of drug-likeness (QED) is 0.544. The molecule has 0 radical (unpaired) electrons. The molecule has 3 aromatic heterocycles. The molecule has 1 fully saturated rings. The second-order valence-corrected chi connectivity index (χ2v) is 7.26. The van der Waals surface area contributed by atoms with Crippen LogP contribution in [0.15, 0.2) is 61.2 Å². The van der Waals surface area contributed by atoms with Crippen LogP contribution in [0.4, 0.5) is 17.3 Å². The van der Waals surface area contributed by atoms with Crippen molar-refractivity contribution in [2.45, 2.75) is 13.5 Å². The SMILES string of the molecule is CCn1cc(-c2ccnc(Nc3ccc(N4CCOCC4)cc3)n2)c2ccncc21. The monoisotopic (exact) mass is 400 g/mol. The maximum absolute atomic E-state index is 5.43. The van der Waals surface area contributed by atoms with E-state index in [9.17, 15) is 0 Å². The van der Waals surface area contributed by atoms with Crippen LogP contribution in [0.2, 0.25) is 0 Å². The molecular weight excluding hydrogens is 376 g/mol. The summed E-state index contributed by atoms with van der Waals surface area (Å²) < 4.78 is 7.62. The zero-order chi connectivity index (χ0) is 20.3. The standard InChI is InChI=1S/C23H24N6O/c1-2-28-16-20(19-7-9-24-15-22(19)28)21-8-10-25-23(27-21)26-17-3-5-18(6-4-17)29-11-13-30-14-12-29/h3-10,15-16H,2,11-14H2,1H3,(H,25,26,27). The Morgan fingerprint density at radius 3 is 2.67 bits per heavy atom. The van der Waals surface area contributed by atoms with E-state index in [0.29, 0.717) is 5.95 Å². The molecule has 7 nitrogen and oxygen atoms in total. The maximum atomic E-state index is 5.43. The van der Waals surface area contributed by atoms with Crippen molar-refractivity contribution in [2.24, 2.45) is 0 Å². The fraction of sp³-hybridized carbons (Fsp3) is 0.261. The molecule has 4 aromatic rings. The summed E-state index contributed by atoms with van der Waals surface area (Å²) in [7, 11) is 0. The van der Waals surface area contributed by atoms with Gasteiger partial charge >= 0.3 is 0 Å². The molecule has 4 heterocycles. The van der Waals surface area contributed by atoms with Gasteiger partial charge in [-0.05, 0) is 43.3 Å². The molecule has 0 atom stereocenters. The van der Waals surface area contributed by atoms with Crippen LogP contribution < -0.4 is 10.2 Å². The molecule has 0 unspecified atom stereocenters. The second-order valence-electron chi connectivity index (χ2n) is 7.26. The molecule has 5 rings (SSSR count). The zero-order valence-electron chi connectivity index (χ0n) is 17.0. The molecule has 1 aromatic carbocycles. The van der Waals surface area contributed by atoms with Crippen LogP contribution in [-0.2, 0) is 11.3 Å². The Labute approximate surface area is 175 Å². The number of morpholine rings is 1. The van der Waals surface area contributed by atoms with E-state index in [0.717, 1.165) is 60.7 Å². The van der Waals surface area contributed by atoms with Gasteiger partial charge in [0.1, 0.15) is 0 Å². The van der Waals surface area contributed by atoms with Gasteiger partial charge in [-0.3, -0.25) is 4.98 Å². The summed E-state index contributed by atoms with van der Waals surface area (Å²) >= 11 is 0. The minimum Gasteiger partial charge on any atom is -0.378 e. The summed E-state index contributed by atoms with van der Waals surface area (Å²) in [5.74, 6) is 0.582. The topological polar surface area (TPSA) is 68.1 Å². The summed E-state index contributed by atoms with van der Waals surface area (Å²) in [5, 5.41) is 4.47. The van der Waals surface area contributed by atoms with Crippen molar-refractivity contribution < 1.29 is 4.74 Å². The van der Waals surface area contributed by atoms with Crippen molar-refractivity contribution in [1.82, 2.24) is 19.5 Å². The molecule has 0 aliphatic carbocycles. The predicted molar refractivity (Wildman–Crippen MR) is 119 cm³/mol. The lowest BCUT2D eigenvalue weighted by molar-refractivity contribution is 0.122. The Morgan fingerprint density at radius 1 is 1.03 bits per heavy atom. The van der Waals surface area contributed by atoms with Crippen LogP contribution in [0, 0.1) is 0 Å². The van der Waals surface area contributed by atoms with Crippen LogP contribution in [0.5, 0.6) is 0 Å². The average molecular weight is 400 g/mol. The van der Waals surface area contributed by atoms with Crippen molar-refractivity contribution in [3.63, 3.8) is 0 Å². The van der Waals surface area contributed by atoms with E-state index in [2.05, 4.69) is 62.1 Å². The van der Waals surface area contributed by atoms with Gasteiger partial charge in [-0.15, -0.1) is 0 Å². The van der Waals surface area contributed by atoms with Gasteiger partial charge in [-0.1, -0.05) is 0 Å². The van der Waals surface area contributed by atoms with Crippen molar-refractivity contribution in [2.75, 3.05) is 36.5 Å². The fourth-order valence-corrected chi connectivity index (χ4v) is 3.88. The Hall–Kier alpha value is -3.45. The van der Waals surface area contributed by atoms with Crippen molar-refractivity contribution in [3.8, 4) is 11.3 Å². The molecule has 1 N–H and O–H groups in total. The lowest BCUT2D eigenvalue weighted by Gasteiger charge is -2.28. The smallest absolute Gasteiger partial charge is 0.227 e. The maximum Gasteiger partial charge on any atom is 0.227 e. The molecule has 152 valence electrons. The number of aryl methyl sites for hydroxylation is 1. The number of hydrogen-bond donors (Lipinski definition) is 1. The molecule has 7 heteroatoms. The first kappa shape index (κ1) is 18.6. The number of hydrogen-bond acceptors (Lipinski definition) is 6. The highest BCUT2D eigenvalue weighted by molar-refractivity contribution is 5.94. The number of pyridine rings is 1. The van der Waals surface area contributed by atoms with Crippen LogP contribution >= 0.6 is 0 Å². The summed E-state index contributed by atoms with van der Waals surface area (Å²) in [6, 6.07) is 12.4. The van der Waals surface area contributed by atoms with Crippen molar-refractivity contribution in [1.29, 1.82) is 0 Å². The Balaban J connectivity index is 1.39. The number of ether oxygens (including phenoxy) is 1. The van der Waals surface area contributed by atoms with Crippen molar-refractivity contribution in [3.05, 3.63) is 61.2 Å². The molecule has 0 saturated carbocycles. The number of aromatic nitrogens is 4. The largest absolute Gasteiger partial charge is 0.378 e. The number of fused-ring (bicyclic) bond motifs is 1. The summed E-state index contributed by atoms with van der Waals surface area (Å²) in [6.07, 6.45) is 7.65. The van der Waals surface area contributed by atoms with Crippen LogP contribution in [0.25, 0.3) is 22.2 Å². The first-order chi connectivity index (χ1) is 14.8. The Morgan fingerprint density at radius 2 is 1.87 bits per heavy atom. The van der Waals surface area contributed by atoms with E-state index in [1.807, 2.05) is 24.5 Å². The van der Waals surface area contributed by atoms with Gasteiger partial charge in [0.15, 0.2) is 0 Å². The third-order valence-corrected chi connectivity index (χ3v) is 5.46. The highest BCUT2D eigenvalue weighted by Gasteiger charge is 2.13. The number of rotatable bonds is 5. The molecular formula is C23H24N6O. The predicted octanol–water partition coefficient (Wildman–Crippen LogP) is 4.09. The molecule has 1 saturated heterocycles. The molecule has 30 heavy (non-hydrogen) atoms. The zero-order valence-corrected chi connectivity index (χ0v) is 17.0. The van der Waals surface area contributed by atoms with E-state index in [1.165, 1.54) is 5.69 Å². The van der Waals surface area contributed by atoms with E-state index in [1.54, 1.807) is 6.20 Å². The third kappa shape index (κ3) is 3.59. The minimum atomic E-state index is 0.582. The highest BCUT2D eigenvalue weighted by atomic mass is 16.5. The summed E-state index contributed by atoms with van der Waals surface area (Å²) in [5.41, 5.74) is 5.26. The van der Waals surface area contributed by atoms with Gasteiger partial charge < -0.3 is 19.5 Å². The number of nitrogens with zero attached hydrogens (tertiary/aromatic N) is 5. The van der Waals surface area contributed by atoms with E-state index in [4.69, 9.17) is 9.72 Å². The minimum absolute atomic E-state index is 0.582. The normalized spacial score (nSPS) is 14.2. The fourth-order valence-electron chi connectivity index (χ4n) is 3.88. The number of nitrogens with one attached hydrogen (secondary N) is 1. The Kier molecular flexibility index (Phi) is 5.03. The lowest BCUT2D eigenvalue weighted by atomic mass is 10.1. The second kappa shape index (κ2) is 8.12. The molecule has 1 aliphatic rings. The van der Waals surface area contributed by atoms with E-state index < -0.39 is 0 Å². The molecule has 0 spiro atoms. The molecule has 1 aliphatic heterocycles. The van der Waals surface area contributed by atoms with E-state index >= 15 is 0 Å². The number of benzene rings is 1. The van der Waals surface area contributed by atoms with Gasteiger partial charge in [0.25, 0.3) is 0 Å². The van der Waals surface area contributed by atoms with E-state index in [-0.39, 0.29) is 0 Å². The van der Waals surface area contributed by atoms with Gasteiger partial charge in [0, 0.05) is 60.5 Å². The van der Waals surface area contributed by atoms with Gasteiger partial charge in [0.05, 0.1) is 30.6 Å². The average Bonchev–Trinajstić information content (AvgIpc) is 3.19. The number of anilines is 3. The van der Waals surface area contributed by atoms with Crippen LogP contribution in [0.3, 0.4) is 0 Å². The third-order valence-electron chi connectivity index (χ3n) is 5.46. The first-order valence-electron chi connectivity index (χ1n) is 10.3. The molecule has 0 bridgehead atoms. The van der Waals surface area contributed by atoms with Crippen LogP contribution in [-0.4, -0.2) is 45.8 Å². The Bertz CT molecular complexity index is 1150. The highest BCUT2D eigenvalue weighted by Crippen LogP contribution is 2.29. The summed E-state index contributed by atoms with van der Waals surface area (Å²) in [6.45, 7) is 6.44. The summed E-state index contributed by atoms with van der Waals surface area (Å²) in [4.78, 5) is 15.8. The van der Waals surface area contributed by atoms with Crippen LogP contribution in [0.1, 0.15) is 6.92 Å². The van der Waals surface area contributed by atoms with Gasteiger partial charge in [0.2, 0.25) is 5.95 Å². The van der Waals surface area contributed by atoms with Gasteiger partial charge in [-0.25, -0.2) is 9.97 Å². The first-order valence-corrected chi connectivity index (χ1v) is 10.3. The molecule has 0 amide bonds. The lowest BCUT2D eigenvalue weighted by Crippen LogP contribution is -2.36. The van der Waals surface area contributed by atoms with Gasteiger partial charge in [-0.2, -0.15) is 0 Å². The van der Waals surface area contributed by atoms with Crippen molar-refractivity contribution >= 4 is 28.2 Å².